The third-order valence-corrected chi connectivity index (χ3v) is 3.07. The third-order valence-electron chi connectivity index (χ3n) is 3.07. The molecule has 0 spiro atoms. The van der Waals surface area contributed by atoms with Crippen LogP contribution in [0.3, 0.4) is 0 Å². The van der Waals surface area contributed by atoms with E-state index < -0.39 is 0 Å². The maximum absolute atomic E-state index is 12.2. The molecule has 16 heavy (non-hydrogen) atoms. The van der Waals surface area contributed by atoms with E-state index in [4.69, 9.17) is 10.5 Å². The summed E-state index contributed by atoms with van der Waals surface area (Å²) in [5, 5.41) is 0. The quantitative estimate of drug-likeness (QED) is 0.782. The van der Waals surface area contributed by atoms with E-state index in [2.05, 4.69) is 4.98 Å². The molecule has 4 heteroatoms. The van der Waals surface area contributed by atoms with E-state index in [1.807, 2.05) is 0 Å². The number of ketones is 1. The van der Waals surface area contributed by atoms with Crippen molar-refractivity contribution in [3.05, 3.63) is 24.0 Å². The predicted molar refractivity (Wildman–Crippen MR) is 60.4 cm³/mol. The minimum atomic E-state index is 0.0128. The monoisotopic (exact) mass is 220 g/mol. The number of pyridine rings is 1. The fourth-order valence-corrected chi connectivity index (χ4v) is 2.19. The van der Waals surface area contributed by atoms with Crippen LogP contribution in [0.4, 0.5) is 0 Å². The van der Waals surface area contributed by atoms with Crippen LogP contribution >= 0.6 is 0 Å². The minimum Gasteiger partial charge on any atom is -0.494 e. The molecule has 1 fully saturated rings. The first-order valence-corrected chi connectivity index (χ1v) is 5.51. The topological polar surface area (TPSA) is 65.2 Å². The lowest BCUT2D eigenvalue weighted by Gasteiger charge is -2.10. The molecule has 4 nitrogen and oxygen atoms in total. The molecule has 1 aromatic heterocycles. The number of methoxy groups -OCH3 is 1. The van der Waals surface area contributed by atoms with Crippen LogP contribution in [0.2, 0.25) is 0 Å². The van der Waals surface area contributed by atoms with Crippen molar-refractivity contribution in [1.82, 2.24) is 4.98 Å². The van der Waals surface area contributed by atoms with Gasteiger partial charge >= 0.3 is 0 Å². The molecule has 0 radical (unpaired) electrons. The predicted octanol–water partition coefficient (Wildman–Crippen LogP) is 1.40. The van der Waals surface area contributed by atoms with Crippen molar-refractivity contribution in [3.63, 3.8) is 0 Å². The number of hydrogen-bond donors (Lipinski definition) is 1. The number of Topliss-reactive ketones (excluding diaryl/α,β-unsaturated/α-hetero) is 1. The first-order chi connectivity index (χ1) is 7.72. The maximum Gasteiger partial charge on any atom is 0.188 e. The Bertz CT molecular complexity index is 392. The average molecular weight is 220 g/mol. The molecule has 2 rings (SSSR count). The fraction of sp³-hybridized carbons (Fsp3) is 0.500. The second kappa shape index (κ2) is 4.61. The number of aromatic nitrogens is 1. The summed E-state index contributed by atoms with van der Waals surface area (Å²) in [5.74, 6) is 0.622. The molecule has 86 valence electrons. The van der Waals surface area contributed by atoms with Crippen LogP contribution in [0.25, 0.3) is 0 Å². The highest BCUT2D eigenvalue weighted by molar-refractivity contribution is 5.98. The van der Waals surface area contributed by atoms with Gasteiger partial charge in [0, 0.05) is 18.2 Å². The first kappa shape index (κ1) is 11.1. The van der Waals surface area contributed by atoms with Gasteiger partial charge in [0.15, 0.2) is 5.78 Å². The van der Waals surface area contributed by atoms with Crippen LogP contribution < -0.4 is 10.5 Å². The number of nitrogens with two attached hydrogens (primary N) is 1. The lowest BCUT2D eigenvalue weighted by Crippen LogP contribution is -2.19. The van der Waals surface area contributed by atoms with Gasteiger partial charge < -0.3 is 10.5 Å². The lowest BCUT2D eigenvalue weighted by molar-refractivity contribution is 0.0913. The molecule has 1 aliphatic rings. The summed E-state index contributed by atoms with van der Waals surface area (Å²) >= 11 is 0. The molecule has 2 N–H and O–H groups in total. The fourth-order valence-electron chi connectivity index (χ4n) is 2.19. The van der Waals surface area contributed by atoms with E-state index in [1.165, 1.54) is 0 Å². The van der Waals surface area contributed by atoms with Gasteiger partial charge in [0.25, 0.3) is 0 Å². The maximum atomic E-state index is 12.2. The van der Waals surface area contributed by atoms with Crippen molar-refractivity contribution in [2.45, 2.75) is 25.3 Å². The van der Waals surface area contributed by atoms with Gasteiger partial charge in [-0.2, -0.15) is 0 Å². The smallest absolute Gasteiger partial charge is 0.188 e. The van der Waals surface area contributed by atoms with Gasteiger partial charge in [-0.05, 0) is 31.4 Å². The number of hydrogen-bond acceptors (Lipinski definition) is 4. The van der Waals surface area contributed by atoms with Crippen molar-refractivity contribution >= 4 is 5.78 Å². The number of nitrogens with zero attached hydrogens (tertiary/aromatic N) is 1. The van der Waals surface area contributed by atoms with Gasteiger partial charge in [0.1, 0.15) is 11.4 Å². The molecular formula is C12H16N2O2. The van der Waals surface area contributed by atoms with Crippen molar-refractivity contribution in [1.29, 1.82) is 0 Å². The second-order valence-electron chi connectivity index (χ2n) is 4.19. The number of carbonyl (C=O) groups is 1. The van der Waals surface area contributed by atoms with Crippen molar-refractivity contribution < 1.29 is 9.53 Å². The van der Waals surface area contributed by atoms with E-state index >= 15 is 0 Å². The molecule has 0 aromatic carbocycles. The Morgan fingerprint density at radius 3 is 3.00 bits per heavy atom. The molecule has 2 unspecified atom stereocenters. The van der Waals surface area contributed by atoms with E-state index in [1.54, 1.807) is 25.4 Å². The summed E-state index contributed by atoms with van der Waals surface area (Å²) in [6.45, 7) is 0. The molecule has 1 aliphatic carbocycles. The Labute approximate surface area is 94.8 Å². The standard InChI is InChI=1S/C12H16N2O2/c1-16-10-3-2-6-14-11(10)12(15)8-4-5-9(13)7-8/h2-3,6,8-9H,4-5,7,13H2,1H3. The number of carbonyl (C=O) groups excluding carboxylic acids is 1. The van der Waals surface area contributed by atoms with Crippen LogP contribution in [0.5, 0.6) is 5.75 Å². The summed E-state index contributed by atoms with van der Waals surface area (Å²) in [6, 6.07) is 3.68. The van der Waals surface area contributed by atoms with Gasteiger partial charge in [0.2, 0.25) is 0 Å². The lowest BCUT2D eigenvalue weighted by atomic mass is 9.99. The second-order valence-corrected chi connectivity index (χ2v) is 4.19. The summed E-state index contributed by atoms with van der Waals surface area (Å²) in [7, 11) is 1.55. The van der Waals surface area contributed by atoms with Gasteiger partial charge in [0.05, 0.1) is 7.11 Å². The van der Waals surface area contributed by atoms with Gasteiger partial charge in [-0.25, -0.2) is 4.98 Å². The van der Waals surface area contributed by atoms with Crippen molar-refractivity contribution in [3.8, 4) is 5.75 Å². The number of rotatable bonds is 3. The summed E-state index contributed by atoms with van der Waals surface area (Å²) < 4.78 is 5.14. The molecule has 1 heterocycles. The molecule has 2 atom stereocenters. The highest BCUT2D eigenvalue weighted by atomic mass is 16.5. The van der Waals surface area contributed by atoms with Crippen LogP contribution in [0.15, 0.2) is 18.3 Å². The van der Waals surface area contributed by atoms with E-state index in [0.29, 0.717) is 11.4 Å². The molecule has 0 amide bonds. The van der Waals surface area contributed by atoms with Crippen LogP contribution in [0.1, 0.15) is 29.8 Å². The first-order valence-electron chi connectivity index (χ1n) is 5.51. The summed E-state index contributed by atoms with van der Waals surface area (Å²) in [5.41, 5.74) is 6.24. The Balaban J connectivity index is 2.20. The highest BCUT2D eigenvalue weighted by Gasteiger charge is 2.30. The van der Waals surface area contributed by atoms with Crippen LogP contribution in [-0.4, -0.2) is 23.9 Å². The van der Waals surface area contributed by atoms with E-state index in [-0.39, 0.29) is 17.7 Å². The highest BCUT2D eigenvalue weighted by Crippen LogP contribution is 2.29. The SMILES string of the molecule is COc1cccnc1C(=O)C1CCC(N)C1. The van der Waals surface area contributed by atoms with Gasteiger partial charge in [-0.15, -0.1) is 0 Å². The zero-order valence-corrected chi connectivity index (χ0v) is 9.35. The third kappa shape index (κ3) is 2.07. The van der Waals surface area contributed by atoms with Gasteiger partial charge in [-0.3, -0.25) is 4.79 Å². The normalized spacial score (nSPS) is 24.4. The van der Waals surface area contributed by atoms with E-state index in [0.717, 1.165) is 19.3 Å². The zero-order chi connectivity index (χ0) is 11.5. The van der Waals surface area contributed by atoms with Crippen LogP contribution in [0, 0.1) is 5.92 Å². The van der Waals surface area contributed by atoms with E-state index in [9.17, 15) is 4.79 Å². The Hall–Kier alpha value is -1.42. The average Bonchev–Trinajstić information content (AvgIpc) is 2.75. The minimum absolute atomic E-state index is 0.0128. The Kier molecular flexibility index (Phi) is 3.19. The Morgan fingerprint density at radius 1 is 1.56 bits per heavy atom. The molecule has 0 saturated heterocycles. The largest absolute Gasteiger partial charge is 0.494 e. The summed E-state index contributed by atoms with van der Waals surface area (Å²) in [6.07, 6.45) is 4.16. The number of ether oxygens (including phenoxy) is 1. The Morgan fingerprint density at radius 2 is 2.38 bits per heavy atom. The zero-order valence-electron chi connectivity index (χ0n) is 9.35. The summed E-state index contributed by atoms with van der Waals surface area (Å²) in [4.78, 5) is 16.3. The molecule has 1 aromatic rings. The molecular weight excluding hydrogens is 204 g/mol. The molecule has 0 aliphatic heterocycles. The molecule has 0 bridgehead atoms. The van der Waals surface area contributed by atoms with Crippen molar-refractivity contribution in [2.75, 3.05) is 7.11 Å². The van der Waals surface area contributed by atoms with Gasteiger partial charge in [-0.1, -0.05) is 0 Å². The molecule has 1 saturated carbocycles. The van der Waals surface area contributed by atoms with Crippen molar-refractivity contribution in [2.24, 2.45) is 11.7 Å². The van der Waals surface area contributed by atoms with Crippen LogP contribution in [-0.2, 0) is 0 Å².